The van der Waals surface area contributed by atoms with Gasteiger partial charge in [-0.3, -0.25) is 4.90 Å². The quantitative estimate of drug-likeness (QED) is 0.830. The van der Waals surface area contributed by atoms with E-state index < -0.39 is 0 Å². The summed E-state index contributed by atoms with van der Waals surface area (Å²) in [5.41, 5.74) is 1.99. The second-order valence-electron chi connectivity index (χ2n) is 6.38. The maximum absolute atomic E-state index is 14.0. The number of hydrogen-bond acceptors (Lipinski definition) is 3. The van der Waals surface area contributed by atoms with Crippen molar-refractivity contribution in [3.05, 3.63) is 35.1 Å². The SMILES string of the molecule is CC(C)CNCc1ccc(F)c(CN(C)C2CCSC2)c1. The lowest BCUT2D eigenvalue weighted by atomic mass is 10.1. The van der Waals surface area contributed by atoms with E-state index in [-0.39, 0.29) is 5.82 Å². The Hall–Kier alpha value is -0.580. The lowest BCUT2D eigenvalue weighted by Crippen LogP contribution is -2.31. The Morgan fingerprint density at radius 2 is 2.24 bits per heavy atom. The summed E-state index contributed by atoms with van der Waals surface area (Å²) in [5, 5.41) is 3.42. The molecule has 0 radical (unpaired) electrons. The highest BCUT2D eigenvalue weighted by atomic mass is 32.2. The molecule has 2 rings (SSSR count). The molecule has 0 bridgehead atoms. The van der Waals surface area contributed by atoms with Crippen LogP contribution >= 0.6 is 11.8 Å². The molecule has 2 nitrogen and oxygen atoms in total. The van der Waals surface area contributed by atoms with Gasteiger partial charge in [-0.05, 0) is 43.3 Å². The summed E-state index contributed by atoms with van der Waals surface area (Å²) in [7, 11) is 2.11. The Balaban J connectivity index is 1.94. The smallest absolute Gasteiger partial charge is 0.127 e. The van der Waals surface area contributed by atoms with E-state index in [1.54, 1.807) is 6.07 Å². The summed E-state index contributed by atoms with van der Waals surface area (Å²) in [6.45, 7) is 6.89. The fraction of sp³-hybridized carbons (Fsp3) is 0.647. The van der Waals surface area contributed by atoms with E-state index in [0.717, 1.165) is 18.7 Å². The van der Waals surface area contributed by atoms with Gasteiger partial charge in [0.25, 0.3) is 0 Å². The van der Waals surface area contributed by atoms with Crippen molar-refractivity contribution in [2.45, 2.75) is 39.4 Å². The molecule has 1 aliphatic heterocycles. The maximum Gasteiger partial charge on any atom is 0.127 e. The molecule has 1 unspecified atom stereocenters. The third kappa shape index (κ3) is 5.28. The molecule has 118 valence electrons. The fourth-order valence-electron chi connectivity index (χ4n) is 2.63. The number of thioether (sulfide) groups is 1. The minimum atomic E-state index is -0.0832. The third-order valence-electron chi connectivity index (χ3n) is 3.94. The third-order valence-corrected chi connectivity index (χ3v) is 5.09. The van der Waals surface area contributed by atoms with E-state index >= 15 is 0 Å². The Morgan fingerprint density at radius 3 is 2.90 bits per heavy atom. The van der Waals surface area contributed by atoms with Gasteiger partial charge < -0.3 is 5.32 Å². The number of halogens is 1. The Kier molecular flexibility index (Phi) is 6.52. The van der Waals surface area contributed by atoms with Crippen molar-refractivity contribution in [1.29, 1.82) is 0 Å². The van der Waals surface area contributed by atoms with Crippen molar-refractivity contribution in [2.75, 3.05) is 25.1 Å². The van der Waals surface area contributed by atoms with Crippen molar-refractivity contribution in [2.24, 2.45) is 5.92 Å². The first-order valence-corrected chi connectivity index (χ1v) is 8.97. The van der Waals surface area contributed by atoms with E-state index in [1.807, 2.05) is 23.9 Å². The molecule has 1 saturated heterocycles. The molecule has 0 aliphatic carbocycles. The Morgan fingerprint density at radius 1 is 1.43 bits per heavy atom. The van der Waals surface area contributed by atoms with Gasteiger partial charge >= 0.3 is 0 Å². The van der Waals surface area contributed by atoms with Gasteiger partial charge in [-0.2, -0.15) is 11.8 Å². The standard InChI is InChI=1S/C17H27FN2S/c1-13(2)9-19-10-14-4-5-17(18)15(8-14)11-20(3)16-6-7-21-12-16/h4-5,8,13,16,19H,6-7,9-12H2,1-3H3. The first-order chi connectivity index (χ1) is 10.1. The largest absolute Gasteiger partial charge is 0.312 e. The lowest BCUT2D eigenvalue weighted by Gasteiger charge is -2.24. The van der Waals surface area contributed by atoms with Crippen molar-refractivity contribution >= 4 is 11.8 Å². The van der Waals surface area contributed by atoms with Gasteiger partial charge in [0.05, 0.1) is 0 Å². The molecular weight excluding hydrogens is 283 g/mol. The van der Waals surface area contributed by atoms with Crippen molar-refractivity contribution in [1.82, 2.24) is 10.2 Å². The van der Waals surface area contributed by atoms with Crippen LogP contribution in [0.3, 0.4) is 0 Å². The van der Waals surface area contributed by atoms with Gasteiger partial charge in [0.15, 0.2) is 0 Å². The van der Waals surface area contributed by atoms with E-state index in [2.05, 4.69) is 31.1 Å². The molecule has 0 aromatic heterocycles. The van der Waals surface area contributed by atoms with Crippen LogP contribution in [0.4, 0.5) is 4.39 Å². The van der Waals surface area contributed by atoms with Crippen LogP contribution in [0, 0.1) is 11.7 Å². The van der Waals surface area contributed by atoms with E-state index in [4.69, 9.17) is 0 Å². The van der Waals surface area contributed by atoms with Crippen LogP contribution in [0.15, 0.2) is 18.2 Å². The van der Waals surface area contributed by atoms with Crippen LogP contribution in [0.1, 0.15) is 31.4 Å². The summed E-state index contributed by atoms with van der Waals surface area (Å²) in [6.07, 6.45) is 1.22. The van der Waals surface area contributed by atoms with Gasteiger partial charge in [-0.15, -0.1) is 0 Å². The summed E-state index contributed by atoms with van der Waals surface area (Å²) >= 11 is 2.00. The molecule has 1 aromatic rings. The van der Waals surface area contributed by atoms with Gasteiger partial charge in [-0.1, -0.05) is 26.0 Å². The van der Waals surface area contributed by atoms with Crippen LogP contribution in [0.5, 0.6) is 0 Å². The number of benzene rings is 1. The zero-order valence-corrected chi connectivity index (χ0v) is 14.2. The highest BCUT2D eigenvalue weighted by Crippen LogP contribution is 2.23. The van der Waals surface area contributed by atoms with Crippen LogP contribution in [0.25, 0.3) is 0 Å². The highest BCUT2D eigenvalue weighted by Gasteiger charge is 2.20. The van der Waals surface area contributed by atoms with Crippen molar-refractivity contribution in [3.8, 4) is 0 Å². The molecule has 21 heavy (non-hydrogen) atoms. The minimum Gasteiger partial charge on any atom is -0.312 e. The van der Waals surface area contributed by atoms with Gasteiger partial charge in [0.2, 0.25) is 0 Å². The molecule has 0 amide bonds. The molecule has 1 aromatic carbocycles. The Bertz CT molecular complexity index is 444. The maximum atomic E-state index is 14.0. The predicted octanol–water partition coefficient (Wildman–Crippen LogP) is 3.51. The monoisotopic (exact) mass is 310 g/mol. The molecule has 0 saturated carbocycles. The minimum absolute atomic E-state index is 0.0832. The van der Waals surface area contributed by atoms with Crippen LogP contribution in [0.2, 0.25) is 0 Å². The zero-order chi connectivity index (χ0) is 15.2. The number of hydrogen-bond donors (Lipinski definition) is 1. The molecule has 0 spiro atoms. The fourth-order valence-corrected chi connectivity index (χ4v) is 3.93. The molecule has 4 heteroatoms. The highest BCUT2D eigenvalue weighted by molar-refractivity contribution is 7.99. The van der Waals surface area contributed by atoms with Crippen LogP contribution in [-0.4, -0.2) is 36.0 Å². The zero-order valence-electron chi connectivity index (χ0n) is 13.4. The first-order valence-electron chi connectivity index (χ1n) is 7.82. The van der Waals surface area contributed by atoms with Gasteiger partial charge in [-0.25, -0.2) is 4.39 Å². The van der Waals surface area contributed by atoms with E-state index in [0.29, 0.717) is 18.5 Å². The Labute approximate surface area is 132 Å². The molecule has 1 heterocycles. The lowest BCUT2D eigenvalue weighted by molar-refractivity contribution is 0.251. The summed E-state index contributed by atoms with van der Waals surface area (Å²) in [5.74, 6) is 2.96. The second-order valence-corrected chi connectivity index (χ2v) is 7.53. The number of rotatable bonds is 7. The van der Waals surface area contributed by atoms with Crippen LogP contribution in [-0.2, 0) is 13.1 Å². The second kappa shape index (κ2) is 8.16. The molecular formula is C17H27FN2S. The van der Waals surface area contributed by atoms with Gasteiger partial charge in [0, 0.05) is 30.4 Å². The number of nitrogens with one attached hydrogen (secondary N) is 1. The van der Waals surface area contributed by atoms with E-state index in [9.17, 15) is 4.39 Å². The van der Waals surface area contributed by atoms with Gasteiger partial charge in [0.1, 0.15) is 5.82 Å². The summed E-state index contributed by atoms with van der Waals surface area (Å²) in [4.78, 5) is 2.30. The van der Waals surface area contributed by atoms with E-state index in [1.165, 1.54) is 23.5 Å². The normalized spacial score (nSPS) is 18.9. The summed E-state index contributed by atoms with van der Waals surface area (Å²) < 4.78 is 14.0. The number of nitrogens with zero attached hydrogens (tertiary/aromatic N) is 1. The molecule has 1 N–H and O–H groups in total. The van der Waals surface area contributed by atoms with Crippen molar-refractivity contribution in [3.63, 3.8) is 0 Å². The van der Waals surface area contributed by atoms with Crippen LogP contribution < -0.4 is 5.32 Å². The molecule has 1 aliphatic rings. The average Bonchev–Trinajstić information content (AvgIpc) is 2.96. The topological polar surface area (TPSA) is 15.3 Å². The predicted molar refractivity (Wildman–Crippen MR) is 90.1 cm³/mol. The average molecular weight is 310 g/mol. The molecule has 1 fully saturated rings. The molecule has 1 atom stereocenters. The summed E-state index contributed by atoms with van der Waals surface area (Å²) in [6, 6.07) is 6.11. The first kappa shape index (κ1) is 16.8. The van der Waals surface area contributed by atoms with Crippen molar-refractivity contribution < 1.29 is 4.39 Å².